The summed E-state index contributed by atoms with van der Waals surface area (Å²) >= 11 is 1.35. The summed E-state index contributed by atoms with van der Waals surface area (Å²) in [6.45, 7) is 1.32. The zero-order valence-electron chi connectivity index (χ0n) is 19.9. The smallest absolute Gasteiger partial charge is 0.328 e. The lowest BCUT2D eigenvalue weighted by Crippen LogP contribution is -2.44. The second-order valence-electron chi connectivity index (χ2n) is 7.90. The Morgan fingerprint density at radius 2 is 1.94 bits per heavy atom. The average molecular weight is 498 g/mol. The van der Waals surface area contributed by atoms with E-state index in [1.54, 1.807) is 24.5 Å². The van der Waals surface area contributed by atoms with Gasteiger partial charge in [0.05, 0.1) is 6.61 Å². The molecule has 0 spiro atoms. The quantitative estimate of drug-likeness (QED) is 0.156. The van der Waals surface area contributed by atoms with Gasteiger partial charge in [0.15, 0.2) is 0 Å². The summed E-state index contributed by atoms with van der Waals surface area (Å²) < 4.78 is 5.30. The highest BCUT2D eigenvalue weighted by Gasteiger charge is 2.26. The van der Waals surface area contributed by atoms with Gasteiger partial charge in [0, 0.05) is 44.9 Å². The number of ether oxygens (including phenoxy) is 1. The van der Waals surface area contributed by atoms with Gasteiger partial charge in [-0.25, -0.2) is 9.59 Å². The standard InChI is InChI=1S/C23H35N3O7S/c1-15(28)25-19(13-16-7-8-18(24)17(12-16)9-10-27)23(32)33-11-5-4-6-21(29)26(2)20(14-34-3)22(30)31/h7-8,12,19-20,27H,4-6,9-11,13-14,24H2,1-3H3,(H,25,28)(H,30,31)/t19-,20-/m0/s1. The normalized spacial score (nSPS) is 12.5. The number of nitrogens with two attached hydrogens (primary N) is 1. The maximum atomic E-state index is 12.6. The van der Waals surface area contributed by atoms with Crippen molar-refractivity contribution in [2.45, 2.75) is 51.1 Å². The van der Waals surface area contributed by atoms with Gasteiger partial charge in [-0.05, 0) is 42.7 Å². The molecule has 0 saturated carbocycles. The van der Waals surface area contributed by atoms with Crippen molar-refractivity contribution in [1.29, 1.82) is 0 Å². The van der Waals surface area contributed by atoms with Gasteiger partial charge in [0.1, 0.15) is 12.1 Å². The number of rotatable bonds is 15. The van der Waals surface area contributed by atoms with Gasteiger partial charge in [0.25, 0.3) is 0 Å². The molecule has 5 N–H and O–H groups in total. The predicted octanol–water partition coefficient (Wildman–Crippen LogP) is 0.839. The lowest BCUT2D eigenvalue weighted by atomic mass is 10.0. The average Bonchev–Trinajstić information content (AvgIpc) is 2.77. The zero-order chi connectivity index (χ0) is 25.7. The van der Waals surface area contributed by atoms with Crippen molar-refractivity contribution < 1.29 is 34.1 Å². The highest BCUT2D eigenvalue weighted by molar-refractivity contribution is 7.98. The van der Waals surface area contributed by atoms with Gasteiger partial charge in [0.2, 0.25) is 11.8 Å². The number of likely N-dealkylation sites (N-methyl/N-ethyl adjacent to an activating group) is 1. The summed E-state index contributed by atoms with van der Waals surface area (Å²) in [6, 6.07) is 3.46. The third-order valence-corrected chi connectivity index (χ3v) is 5.84. The van der Waals surface area contributed by atoms with E-state index in [0.717, 1.165) is 11.1 Å². The van der Waals surface area contributed by atoms with E-state index in [-0.39, 0.29) is 37.9 Å². The Balaban J connectivity index is 2.58. The number of esters is 1. The summed E-state index contributed by atoms with van der Waals surface area (Å²) in [5.41, 5.74) is 7.96. The third kappa shape index (κ3) is 10.0. The first-order valence-electron chi connectivity index (χ1n) is 11.0. The van der Waals surface area contributed by atoms with E-state index in [1.165, 1.54) is 30.6 Å². The number of hydrogen-bond donors (Lipinski definition) is 4. The van der Waals surface area contributed by atoms with Gasteiger partial charge < -0.3 is 30.9 Å². The number of unbranched alkanes of at least 4 members (excludes halogenated alkanes) is 1. The van der Waals surface area contributed by atoms with Crippen molar-refractivity contribution in [2.24, 2.45) is 0 Å². The van der Waals surface area contributed by atoms with Gasteiger partial charge in [-0.2, -0.15) is 11.8 Å². The van der Waals surface area contributed by atoms with Crippen LogP contribution >= 0.6 is 11.8 Å². The highest BCUT2D eigenvalue weighted by atomic mass is 32.2. The highest BCUT2D eigenvalue weighted by Crippen LogP contribution is 2.17. The van der Waals surface area contributed by atoms with Crippen molar-refractivity contribution in [1.82, 2.24) is 10.2 Å². The number of carbonyl (C=O) groups excluding carboxylic acids is 3. The number of nitrogens with zero attached hydrogens (tertiary/aromatic N) is 1. The van der Waals surface area contributed by atoms with Gasteiger partial charge in [-0.1, -0.05) is 12.1 Å². The zero-order valence-corrected chi connectivity index (χ0v) is 20.7. The summed E-state index contributed by atoms with van der Waals surface area (Å²) in [6.07, 6.45) is 3.34. The van der Waals surface area contributed by atoms with Crippen molar-refractivity contribution in [3.63, 3.8) is 0 Å². The van der Waals surface area contributed by atoms with Crippen LogP contribution in [0.5, 0.6) is 0 Å². The Morgan fingerprint density at radius 3 is 2.53 bits per heavy atom. The van der Waals surface area contributed by atoms with Gasteiger partial charge in [-0.3, -0.25) is 9.59 Å². The van der Waals surface area contributed by atoms with E-state index in [9.17, 15) is 24.3 Å². The second-order valence-corrected chi connectivity index (χ2v) is 8.81. The molecule has 0 heterocycles. The molecule has 2 amide bonds. The van der Waals surface area contributed by atoms with Crippen LogP contribution in [-0.2, 0) is 36.8 Å². The maximum Gasteiger partial charge on any atom is 0.328 e. The van der Waals surface area contributed by atoms with Crippen LogP contribution in [0.15, 0.2) is 18.2 Å². The molecule has 0 aliphatic heterocycles. The number of nitrogens with one attached hydrogen (secondary N) is 1. The van der Waals surface area contributed by atoms with E-state index < -0.39 is 24.0 Å². The van der Waals surface area contributed by atoms with E-state index in [2.05, 4.69) is 5.32 Å². The third-order valence-electron chi connectivity index (χ3n) is 5.19. The van der Waals surface area contributed by atoms with Gasteiger partial charge in [-0.15, -0.1) is 0 Å². The fourth-order valence-electron chi connectivity index (χ4n) is 3.31. The molecular weight excluding hydrogens is 462 g/mol. The van der Waals surface area contributed by atoms with Crippen molar-refractivity contribution in [3.05, 3.63) is 29.3 Å². The first kappa shape index (κ1) is 29.2. The topological polar surface area (TPSA) is 159 Å². The van der Waals surface area contributed by atoms with Crippen molar-refractivity contribution in [3.8, 4) is 0 Å². The van der Waals surface area contributed by atoms with Crippen LogP contribution in [0.1, 0.15) is 37.3 Å². The monoisotopic (exact) mass is 497 g/mol. The predicted molar refractivity (Wildman–Crippen MR) is 130 cm³/mol. The molecule has 0 aromatic heterocycles. The summed E-state index contributed by atoms with van der Waals surface area (Å²) in [5, 5.41) is 21.0. The molecule has 0 aliphatic rings. The molecule has 190 valence electrons. The summed E-state index contributed by atoms with van der Waals surface area (Å²) in [5.74, 6) is -2.00. The number of aliphatic carboxylic acids is 1. The number of carbonyl (C=O) groups is 4. The minimum atomic E-state index is -1.05. The molecule has 0 saturated heterocycles. The van der Waals surface area contributed by atoms with E-state index >= 15 is 0 Å². The number of carboxylic acid groups (broad SMARTS) is 1. The Labute approximate surface area is 204 Å². The maximum absolute atomic E-state index is 12.6. The van der Waals surface area contributed by atoms with Crippen molar-refractivity contribution in [2.75, 3.05) is 38.0 Å². The number of carboxylic acids is 1. The molecule has 0 bridgehead atoms. The second kappa shape index (κ2) is 15.2. The Morgan fingerprint density at radius 1 is 1.24 bits per heavy atom. The van der Waals surface area contributed by atoms with Gasteiger partial charge >= 0.3 is 11.9 Å². The number of hydrogen-bond acceptors (Lipinski definition) is 8. The number of anilines is 1. The van der Waals surface area contributed by atoms with E-state index in [0.29, 0.717) is 30.7 Å². The molecule has 1 aromatic rings. The minimum Gasteiger partial charge on any atom is -0.480 e. The molecule has 0 radical (unpaired) electrons. The molecule has 34 heavy (non-hydrogen) atoms. The number of aliphatic hydroxyl groups is 1. The fraction of sp³-hybridized carbons (Fsp3) is 0.565. The van der Waals surface area contributed by atoms with Crippen LogP contribution in [0.4, 0.5) is 5.69 Å². The SMILES string of the molecule is CSC[C@@H](C(=O)O)N(C)C(=O)CCCCOC(=O)[C@H](Cc1ccc(N)c(CCO)c1)NC(C)=O. The molecule has 1 rings (SSSR count). The number of benzene rings is 1. The van der Waals surface area contributed by atoms with E-state index in [4.69, 9.17) is 15.6 Å². The first-order chi connectivity index (χ1) is 16.1. The van der Waals surface area contributed by atoms with Crippen LogP contribution in [-0.4, -0.2) is 83.2 Å². The number of nitrogen functional groups attached to an aromatic ring is 1. The Bertz CT molecular complexity index is 850. The first-order valence-corrected chi connectivity index (χ1v) is 12.4. The van der Waals surface area contributed by atoms with Crippen LogP contribution < -0.4 is 11.1 Å². The molecule has 0 unspecified atom stereocenters. The molecule has 10 nitrogen and oxygen atoms in total. The summed E-state index contributed by atoms with van der Waals surface area (Å²) in [7, 11) is 1.47. The number of aliphatic hydroxyl groups excluding tert-OH is 1. The number of thioether (sulfide) groups is 1. The molecule has 1 aromatic carbocycles. The summed E-state index contributed by atoms with van der Waals surface area (Å²) in [4.78, 5) is 48.9. The van der Waals surface area contributed by atoms with Crippen LogP contribution in [0.3, 0.4) is 0 Å². The lowest BCUT2D eigenvalue weighted by molar-refractivity contribution is -0.148. The Kier molecular flexibility index (Phi) is 13.1. The largest absolute Gasteiger partial charge is 0.480 e. The number of amides is 2. The molecule has 2 atom stereocenters. The van der Waals surface area contributed by atoms with Crippen LogP contribution in [0.25, 0.3) is 0 Å². The molecule has 0 aliphatic carbocycles. The van der Waals surface area contributed by atoms with Crippen molar-refractivity contribution >= 4 is 41.2 Å². The fourth-order valence-corrected chi connectivity index (χ4v) is 3.99. The van der Waals surface area contributed by atoms with Crippen LogP contribution in [0.2, 0.25) is 0 Å². The van der Waals surface area contributed by atoms with E-state index in [1.807, 2.05) is 0 Å². The van der Waals surface area contributed by atoms with Crippen LogP contribution in [0, 0.1) is 0 Å². The Hall–Kier alpha value is -2.79. The lowest BCUT2D eigenvalue weighted by Gasteiger charge is -2.24. The molecule has 0 fully saturated rings. The molecule has 11 heteroatoms. The minimum absolute atomic E-state index is 0.0579. The molecular formula is C23H35N3O7S.